The Hall–Kier alpha value is -1.000. The Labute approximate surface area is 124 Å². The van der Waals surface area contributed by atoms with E-state index in [2.05, 4.69) is 63.0 Å². The number of rotatable bonds is 1. The van der Waals surface area contributed by atoms with E-state index in [1.54, 1.807) is 12.1 Å². The molecule has 2 aromatic rings. The fourth-order valence-corrected chi connectivity index (χ4v) is 2.56. The number of nitrogens with two attached hydrogens (primary N) is 1. The van der Waals surface area contributed by atoms with Gasteiger partial charge in [-0.3, -0.25) is 0 Å². The summed E-state index contributed by atoms with van der Waals surface area (Å²) in [5.41, 5.74) is 7.18. The van der Waals surface area contributed by atoms with Crippen LogP contribution < -0.4 is 5.73 Å². The summed E-state index contributed by atoms with van der Waals surface area (Å²) in [4.78, 5) is 0. The van der Waals surface area contributed by atoms with Crippen LogP contribution in [0.25, 0.3) is 0 Å². The molecule has 0 saturated carbocycles. The quantitative estimate of drug-likeness (QED) is 0.560. The molecule has 0 saturated heterocycles. The number of aryl methyl sites for hydroxylation is 1. The second-order valence-electron chi connectivity index (χ2n) is 3.66. The van der Waals surface area contributed by atoms with Crippen LogP contribution in [0.15, 0.2) is 51.4 Å². The fourth-order valence-electron chi connectivity index (χ4n) is 1.30. The standard InChI is InChI=1S/C8H10.C6H5Br2NO/c1-2-8-6-4-3-5-7-8;7-3-1-4(8)6(10)5(9)2-3/h3-7H,2H2,1H3;1-2,10H,9H2. The van der Waals surface area contributed by atoms with Crippen LogP contribution in [-0.4, -0.2) is 5.11 Å². The van der Waals surface area contributed by atoms with E-state index >= 15 is 0 Å². The Kier molecular flexibility index (Phi) is 6.22. The van der Waals surface area contributed by atoms with Crippen LogP contribution in [0, 0.1) is 0 Å². The molecule has 96 valence electrons. The van der Waals surface area contributed by atoms with E-state index in [-0.39, 0.29) is 5.75 Å². The van der Waals surface area contributed by atoms with Crippen LogP contribution >= 0.6 is 31.9 Å². The number of anilines is 1. The Morgan fingerprint density at radius 2 is 1.72 bits per heavy atom. The van der Waals surface area contributed by atoms with E-state index in [1.807, 2.05) is 6.07 Å². The van der Waals surface area contributed by atoms with Crippen molar-refractivity contribution in [1.82, 2.24) is 0 Å². The second-order valence-corrected chi connectivity index (χ2v) is 5.43. The molecule has 18 heavy (non-hydrogen) atoms. The average Bonchev–Trinajstić information content (AvgIpc) is 2.37. The van der Waals surface area contributed by atoms with Crippen molar-refractivity contribution in [2.45, 2.75) is 13.3 Å². The van der Waals surface area contributed by atoms with Crippen molar-refractivity contribution < 1.29 is 5.11 Å². The minimum Gasteiger partial charge on any atom is -0.505 e. The van der Waals surface area contributed by atoms with Crippen LogP contribution in [0.5, 0.6) is 5.75 Å². The molecule has 0 radical (unpaired) electrons. The zero-order chi connectivity index (χ0) is 13.5. The first-order chi connectivity index (χ1) is 8.54. The number of hydrogen-bond acceptors (Lipinski definition) is 2. The molecule has 2 rings (SSSR count). The molecule has 0 fully saturated rings. The van der Waals surface area contributed by atoms with Crippen LogP contribution in [0.4, 0.5) is 5.69 Å². The normalized spacial score (nSPS) is 9.50. The summed E-state index contributed by atoms with van der Waals surface area (Å²) in [6.45, 7) is 2.16. The summed E-state index contributed by atoms with van der Waals surface area (Å²) in [6.07, 6.45) is 1.14. The van der Waals surface area contributed by atoms with E-state index in [0.717, 1.165) is 10.9 Å². The number of phenols is 1. The number of halogens is 2. The molecule has 4 heteroatoms. The van der Waals surface area contributed by atoms with E-state index < -0.39 is 0 Å². The van der Waals surface area contributed by atoms with Gasteiger partial charge in [0.1, 0.15) is 0 Å². The molecular formula is C14H15Br2NO. The zero-order valence-electron chi connectivity index (χ0n) is 10.0. The molecule has 0 spiro atoms. The number of benzene rings is 2. The number of phenolic OH excluding ortho intramolecular Hbond substituents is 1. The highest BCUT2D eigenvalue weighted by Gasteiger charge is 2.02. The smallest absolute Gasteiger partial charge is 0.152 e. The Morgan fingerprint density at radius 1 is 1.11 bits per heavy atom. The van der Waals surface area contributed by atoms with Gasteiger partial charge in [0.25, 0.3) is 0 Å². The minimum atomic E-state index is 0.0863. The molecular weight excluding hydrogens is 358 g/mol. The number of nitrogen functional groups attached to an aromatic ring is 1. The minimum absolute atomic E-state index is 0.0863. The molecule has 0 bridgehead atoms. The van der Waals surface area contributed by atoms with Gasteiger partial charge in [0.2, 0.25) is 0 Å². The van der Waals surface area contributed by atoms with Gasteiger partial charge in [0, 0.05) is 4.47 Å². The highest BCUT2D eigenvalue weighted by atomic mass is 79.9. The summed E-state index contributed by atoms with van der Waals surface area (Å²) in [6, 6.07) is 13.8. The molecule has 2 nitrogen and oxygen atoms in total. The Morgan fingerprint density at radius 3 is 2.17 bits per heavy atom. The van der Waals surface area contributed by atoms with Gasteiger partial charge in [0.05, 0.1) is 10.2 Å². The van der Waals surface area contributed by atoms with Crippen molar-refractivity contribution in [2.75, 3.05) is 5.73 Å². The van der Waals surface area contributed by atoms with Crippen LogP contribution in [-0.2, 0) is 6.42 Å². The van der Waals surface area contributed by atoms with Gasteiger partial charge in [-0.2, -0.15) is 0 Å². The molecule has 0 unspecified atom stereocenters. The molecule has 0 heterocycles. The van der Waals surface area contributed by atoms with Gasteiger partial charge in [-0.25, -0.2) is 0 Å². The first-order valence-electron chi connectivity index (χ1n) is 5.52. The van der Waals surface area contributed by atoms with Gasteiger partial charge >= 0.3 is 0 Å². The third kappa shape index (κ3) is 4.70. The maximum Gasteiger partial charge on any atom is 0.152 e. The van der Waals surface area contributed by atoms with Crippen LogP contribution in [0.1, 0.15) is 12.5 Å². The predicted molar refractivity (Wildman–Crippen MR) is 83.7 cm³/mol. The van der Waals surface area contributed by atoms with Crippen LogP contribution in [0.2, 0.25) is 0 Å². The van der Waals surface area contributed by atoms with Crippen molar-refractivity contribution in [3.63, 3.8) is 0 Å². The summed E-state index contributed by atoms with van der Waals surface area (Å²) < 4.78 is 1.44. The molecule has 3 N–H and O–H groups in total. The van der Waals surface area contributed by atoms with Crippen molar-refractivity contribution in [1.29, 1.82) is 0 Å². The maximum absolute atomic E-state index is 9.14. The Bertz CT molecular complexity index is 477. The van der Waals surface area contributed by atoms with Crippen LogP contribution in [0.3, 0.4) is 0 Å². The lowest BCUT2D eigenvalue weighted by molar-refractivity contribution is 0.474. The monoisotopic (exact) mass is 371 g/mol. The maximum atomic E-state index is 9.14. The van der Waals surface area contributed by atoms with Gasteiger partial charge in [-0.15, -0.1) is 0 Å². The largest absolute Gasteiger partial charge is 0.505 e. The highest BCUT2D eigenvalue weighted by molar-refractivity contribution is 9.11. The lowest BCUT2D eigenvalue weighted by atomic mass is 10.2. The van der Waals surface area contributed by atoms with Gasteiger partial charge in [0.15, 0.2) is 5.75 Å². The Balaban J connectivity index is 0.000000184. The van der Waals surface area contributed by atoms with Gasteiger partial charge < -0.3 is 10.8 Å². The van der Waals surface area contributed by atoms with Gasteiger partial charge in [-0.1, -0.05) is 53.2 Å². The SMILES string of the molecule is CCc1ccccc1.Nc1cc(Br)cc(Br)c1O. The van der Waals surface area contributed by atoms with E-state index in [1.165, 1.54) is 5.56 Å². The lowest BCUT2D eigenvalue weighted by Crippen LogP contribution is -1.85. The topological polar surface area (TPSA) is 46.2 Å². The lowest BCUT2D eigenvalue weighted by Gasteiger charge is -2.00. The number of aromatic hydroxyl groups is 1. The van der Waals surface area contributed by atoms with Crippen molar-refractivity contribution in [3.8, 4) is 5.75 Å². The van der Waals surface area contributed by atoms with E-state index in [0.29, 0.717) is 10.2 Å². The van der Waals surface area contributed by atoms with E-state index in [9.17, 15) is 0 Å². The molecule has 0 aliphatic rings. The highest BCUT2D eigenvalue weighted by Crippen LogP contribution is 2.32. The fraction of sp³-hybridized carbons (Fsp3) is 0.143. The van der Waals surface area contributed by atoms with Crippen molar-refractivity contribution in [3.05, 3.63) is 57.0 Å². The molecule has 0 atom stereocenters. The second kappa shape index (κ2) is 7.44. The predicted octanol–water partition coefficient (Wildman–Crippen LogP) is 4.75. The molecule has 2 aromatic carbocycles. The molecule has 0 aromatic heterocycles. The first kappa shape index (κ1) is 15.1. The van der Waals surface area contributed by atoms with Crippen molar-refractivity contribution >= 4 is 37.5 Å². The summed E-state index contributed by atoms with van der Waals surface area (Å²) >= 11 is 6.36. The molecule has 0 amide bonds. The van der Waals surface area contributed by atoms with Gasteiger partial charge in [-0.05, 0) is 40.0 Å². The molecule has 0 aliphatic heterocycles. The summed E-state index contributed by atoms with van der Waals surface area (Å²) in [7, 11) is 0. The molecule has 0 aliphatic carbocycles. The number of hydrogen-bond donors (Lipinski definition) is 2. The summed E-state index contributed by atoms with van der Waals surface area (Å²) in [5, 5.41) is 9.14. The third-order valence-electron chi connectivity index (χ3n) is 2.31. The van der Waals surface area contributed by atoms with E-state index in [4.69, 9.17) is 10.8 Å². The summed E-state index contributed by atoms with van der Waals surface area (Å²) in [5.74, 6) is 0.0863. The van der Waals surface area contributed by atoms with Crippen molar-refractivity contribution in [2.24, 2.45) is 0 Å². The first-order valence-corrected chi connectivity index (χ1v) is 7.10. The zero-order valence-corrected chi connectivity index (χ0v) is 13.2. The third-order valence-corrected chi connectivity index (χ3v) is 3.37. The average molecular weight is 373 g/mol.